The normalized spacial score (nSPS) is 17.5. The number of alkyl halides is 2. The van der Waals surface area contributed by atoms with Crippen LogP contribution < -0.4 is 21.5 Å². The number of hydrazine groups is 1. The molecule has 4 N–H and O–H groups in total. The van der Waals surface area contributed by atoms with Crippen LogP contribution in [0.2, 0.25) is 0 Å². The fraction of sp³-hybridized carbons (Fsp3) is 0.308. The Bertz CT molecular complexity index is 656. The van der Waals surface area contributed by atoms with Gasteiger partial charge in [0, 0.05) is 0 Å². The molecule has 0 unspecified atom stereocenters. The van der Waals surface area contributed by atoms with E-state index < -0.39 is 30.3 Å². The van der Waals surface area contributed by atoms with E-state index in [2.05, 4.69) is 10.4 Å². The van der Waals surface area contributed by atoms with Crippen LogP contribution in [-0.4, -0.2) is 44.0 Å². The van der Waals surface area contributed by atoms with Gasteiger partial charge in [-0.25, -0.2) is 20.0 Å². The van der Waals surface area contributed by atoms with Crippen LogP contribution in [0.15, 0.2) is 23.2 Å². The van der Waals surface area contributed by atoms with Crippen LogP contribution in [0.5, 0.6) is 0 Å². The predicted octanol–water partition coefficient (Wildman–Crippen LogP) is 0.655. The third-order valence-electron chi connectivity index (χ3n) is 3.10. The first kappa shape index (κ1) is 17.5. The Morgan fingerprint density at radius 3 is 2.92 bits per heavy atom. The van der Waals surface area contributed by atoms with E-state index in [1.54, 1.807) is 0 Å². The van der Waals surface area contributed by atoms with Crippen LogP contribution in [0.3, 0.4) is 0 Å². The summed E-state index contributed by atoms with van der Waals surface area (Å²) >= 11 is 0. The van der Waals surface area contributed by atoms with Crippen molar-refractivity contribution in [2.45, 2.75) is 12.5 Å². The minimum absolute atomic E-state index is 0.00464. The average molecular weight is 345 g/mol. The first-order valence-electron chi connectivity index (χ1n) is 6.74. The molecule has 1 heterocycles. The van der Waals surface area contributed by atoms with Gasteiger partial charge in [0.1, 0.15) is 18.1 Å². The Morgan fingerprint density at radius 1 is 1.54 bits per heavy atom. The fourth-order valence-corrected chi connectivity index (χ4v) is 2.01. The molecule has 2 amide bonds. The van der Waals surface area contributed by atoms with Crippen LogP contribution in [0.1, 0.15) is 0 Å². The maximum atomic E-state index is 13.9. The highest BCUT2D eigenvalue weighted by Gasteiger charge is 2.33. The number of amides is 2. The number of nitrogens with two attached hydrogens (primary N) is 1. The van der Waals surface area contributed by atoms with Crippen molar-refractivity contribution in [3.05, 3.63) is 24.0 Å². The summed E-state index contributed by atoms with van der Waals surface area (Å²) in [5.74, 6) is 2.84. The molecule has 0 bridgehead atoms. The van der Waals surface area contributed by atoms with Crippen LogP contribution >= 0.6 is 0 Å². The quantitative estimate of drug-likeness (QED) is 0.304. The molecular weight excluding hydrogens is 331 g/mol. The van der Waals surface area contributed by atoms with Crippen LogP contribution in [-0.2, 0) is 9.53 Å². The predicted molar refractivity (Wildman–Crippen MR) is 78.5 cm³/mol. The topological polar surface area (TPSA) is 109 Å². The van der Waals surface area contributed by atoms with Crippen molar-refractivity contribution in [1.29, 1.82) is 0 Å². The molecule has 1 aromatic carbocycles. The minimum atomic E-state index is -3.15. The van der Waals surface area contributed by atoms with Crippen molar-refractivity contribution >= 4 is 29.7 Å². The molecule has 0 radical (unpaired) electrons. The molecular formula is C13H14F3N5O3. The minimum Gasteiger partial charge on any atom is -0.442 e. The number of carbonyl (C=O) groups is 2. The van der Waals surface area contributed by atoms with Gasteiger partial charge < -0.3 is 15.5 Å². The number of hydrogen-bond acceptors (Lipinski definition) is 5. The number of carbonyl (C=O) groups excluding carboxylic acids is 2. The van der Waals surface area contributed by atoms with E-state index in [0.29, 0.717) is 0 Å². The summed E-state index contributed by atoms with van der Waals surface area (Å²) < 4.78 is 43.0. The number of hydrogen-bond donors (Lipinski definition) is 3. The van der Waals surface area contributed by atoms with E-state index in [9.17, 15) is 22.8 Å². The monoisotopic (exact) mass is 345 g/mol. The third kappa shape index (κ3) is 4.13. The molecule has 1 atom stereocenters. The summed E-state index contributed by atoms with van der Waals surface area (Å²) in [4.78, 5) is 27.4. The Morgan fingerprint density at radius 2 is 2.29 bits per heavy atom. The number of rotatable bonds is 6. The van der Waals surface area contributed by atoms with Crippen molar-refractivity contribution in [1.82, 2.24) is 10.7 Å². The molecule has 8 nitrogen and oxygen atoms in total. The number of nitrogens with zero attached hydrogens (tertiary/aromatic N) is 2. The van der Waals surface area contributed by atoms with Gasteiger partial charge in [0.25, 0.3) is 5.91 Å². The van der Waals surface area contributed by atoms with Gasteiger partial charge in [-0.2, -0.15) is 8.78 Å². The molecule has 0 aliphatic carbocycles. The van der Waals surface area contributed by atoms with E-state index in [1.807, 2.05) is 5.32 Å². The summed E-state index contributed by atoms with van der Waals surface area (Å²) in [6.45, 7) is -0.285. The molecule has 0 aromatic heterocycles. The van der Waals surface area contributed by atoms with Gasteiger partial charge in [-0.3, -0.25) is 9.69 Å². The SMILES string of the molecule is NNC=Nc1ccc(N2C[C@H](CNC(=O)C(F)F)OC2=O)cc1F. The smallest absolute Gasteiger partial charge is 0.414 e. The zero-order valence-corrected chi connectivity index (χ0v) is 12.2. The zero-order chi connectivity index (χ0) is 17.7. The first-order valence-corrected chi connectivity index (χ1v) is 6.74. The van der Waals surface area contributed by atoms with Crippen molar-refractivity contribution < 1.29 is 27.5 Å². The second-order valence-corrected chi connectivity index (χ2v) is 4.72. The lowest BCUT2D eigenvalue weighted by Gasteiger charge is -2.13. The maximum Gasteiger partial charge on any atom is 0.414 e. The second-order valence-electron chi connectivity index (χ2n) is 4.72. The molecule has 11 heteroatoms. The molecule has 1 aliphatic rings. The highest BCUT2D eigenvalue weighted by molar-refractivity contribution is 5.90. The Kier molecular flexibility index (Phi) is 5.58. The largest absolute Gasteiger partial charge is 0.442 e. The van der Waals surface area contributed by atoms with Crippen molar-refractivity contribution in [2.24, 2.45) is 10.8 Å². The summed E-state index contributed by atoms with van der Waals surface area (Å²) in [5, 5.41) is 1.96. The Labute approximate surface area is 134 Å². The van der Waals surface area contributed by atoms with Crippen molar-refractivity contribution in [2.75, 3.05) is 18.0 Å². The number of halogens is 3. The number of ether oxygens (including phenoxy) is 1. The average Bonchev–Trinajstić information content (AvgIpc) is 2.92. The molecule has 1 fully saturated rings. The summed E-state index contributed by atoms with van der Waals surface area (Å²) in [6, 6.07) is 3.84. The number of cyclic esters (lactones) is 1. The molecule has 2 rings (SSSR count). The zero-order valence-electron chi connectivity index (χ0n) is 12.2. The standard InChI is InChI=1S/C13H14F3N5O3/c14-9-3-7(1-2-10(9)19-6-20-17)21-5-8(24-13(21)23)4-18-12(22)11(15)16/h1-3,6,8,11H,4-5,17H2,(H,18,22)(H,19,20)/t8-/m0/s1. The number of nitrogens with one attached hydrogen (secondary N) is 2. The number of aliphatic imine (C=N–C) groups is 1. The first-order chi connectivity index (χ1) is 11.4. The third-order valence-corrected chi connectivity index (χ3v) is 3.10. The second kappa shape index (κ2) is 7.64. The molecule has 1 saturated heterocycles. The molecule has 1 aliphatic heterocycles. The van der Waals surface area contributed by atoms with E-state index >= 15 is 0 Å². The van der Waals surface area contributed by atoms with Crippen molar-refractivity contribution in [3.8, 4) is 0 Å². The summed E-state index contributed by atoms with van der Waals surface area (Å²) in [5.41, 5.74) is 2.34. The highest BCUT2D eigenvalue weighted by atomic mass is 19.3. The van der Waals surface area contributed by atoms with E-state index in [0.717, 1.165) is 17.3 Å². The lowest BCUT2D eigenvalue weighted by Crippen LogP contribution is -2.37. The van der Waals surface area contributed by atoms with Gasteiger partial charge >= 0.3 is 12.5 Å². The van der Waals surface area contributed by atoms with Crippen molar-refractivity contribution in [3.63, 3.8) is 0 Å². The molecule has 0 spiro atoms. The lowest BCUT2D eigenvalue weighted by atomic mass is 10.2. The summed E-state index contributed by atoms with van der Waals surface area (Å²) in [6.07, 6.45) is -3.65. The van der Waals surface area contributed by atoms with Gasteiger partial charge in [-0.05, 0) is 18.2 Å². The van der Waals surface area contributed by atoms with Crippen LogP contribution in [0.25, 0.3) is 0 Å². The van der Waals surface area contributed by atoms with Gasteiger partial charge in [0.15, 0.2) is 5.82 Å². The lowest BCUT2D eigenvalue weighted by molar-refractivity contribution is -0.132. The van der Waals surface area contributed by atoms with Gasteiger partial charge in [0.05, 0.1) is 18.8 Å². The Balaban J connectivity index is 2.02. The number of benzene rings is 1. The molecule has 24 heavy (non-hydrogen) atoms. The Hall–Kier alpha value is -2.82. The van der Waals surface area contributed by atoms with E-state index in [1.165, 1.54) is 12.1 Å². The van der Waals surface area contributed by atoms with Crippen LogP contribution in [0, 0.1) is 5.82 Å². The molecule has 130 valence electrons. The van der Waals surface area contributed by atoms with E-state index in [-0.39, 0.29) is 24.5 Å². The molecule has 1 aromatic rings. The van der Waals surface area contributed by atoms with Gasteiger partial charge in [-0.15, -0.1) is 0 Å². The fourth-order valence-electron chi connectivity index (χ4n) is 2.01. The maximum absolute atomic E-state index is 13.9. The van der Waals surface area contributed by atoms with E-state index in [4.69, 9.17) is 10.6 Å². The highest BCUT2D eigenvalue weighted by Crippen LogP contribution is 2.27. The van der Waals surface area contributed by atoms with Gasteiger partial charge in [-0.1, -0.05) is 0 Å². The van der Waals surface area contributed by atoms with Crippen LogP contribution in [0.4, 0.5) is 29.3 Å². The summed E-state index contributed by atoms with van der Waals surface area (Å²) in [7, 11) is 0. The number of anilines is 1. The van der Waals surface area contributed by atoms with Gasteiger partial charge in [0.2, 0.25) is 0 Å². The molecule has 0 saturated carbocycles.